The number of anilines is 1. The second-order valence-corrected chi connectivity index (χ2v) is 4.06. The first-order valence-corrected chi connectivity index (χ1v) is 5.16. The summed E-state index contributed by atoms with van der Waals surface area (Å²) in [7, 11) is 0. The first-order valence-electron chi connectivity index (χ1n) is 4.36. The number of aliphatic hydroxyl groups excluding tert-OH is 1. The van der Waals surface area contributed by atoms with Gasteiger partial charge in [-0.3, -0.25) is 10.1 Å². The number of hydrogen-bond donors (Lipinski definition) is 2. The topological polar surface area (TPSA) is 75.4 Å². The SMILES string of the molecule is C[C@H](O)CNc1ccc(Br)cc1[N+](=O)[O-]. The van der Waals surface area contributed by atoms with Crippen LogP contribution in [0, 0.1) is 10.1 Å². The Balaban J connectivity index is 2.91. The highest BCUT2D eigenvalue weighted by atomic mass is 79.9. The van der Waals surface area contributed by atoms with Crippen molar-refractivity contribution in [2.24, 2.45) is 0 Å². The molecule has 2 N–H and O–H groups in total. The lowest BCUT2D eigenvalue weighted by molar-refractivity contribution is -0.384. The minimum absolute atomic E-state index is 0.00924. The summed E-state index contributed by atoms with van der Waals surface area (Å²) < 4.78 is 0.650. The third-order valence-electron chi connectivity index (χ3n) is 1.74. The smallest absolute Gasteiger partial charge is 0.293 e. The van der Waals surface area contributed by atoms with E-state index in [1.54, 1.807) is 19.1 Å². The Morgan fingerprint density at radius 2 is 2.33 bits per heavy atom. The lowest BCUT2D eigenvalue weighted by atomic mass is 10.2. The zero-order valence-corrected chi connectivity index (χ0v) is 9.69. The number of nitro groups is 1. The highest BCUT2D eigenvalue weighted by Crippen LogP contribution is 2.27. The molecule has 1 aromatic rings. The normalized spacial score (nSPS) is 12.2. The van der Waals surface area contributed by atoms with Crippen molar-refractivity contribution in [3.8, 4) is 0 Å². The fourth-order valence-electron chi connectivity index (χ4n) is 1.06. The molecule has 0 saturated heterocycles. The van der Waals surface area contributed by atoms with Gasteiger partial charge in [-0.05, 0) is 19.1 Å². The van der Waals surface area contributed by atoms with Gasteiger partial charge in [-0.15, -0.1) is 0 Å². The minimum Gasteiger partial charge on any atom is -0.392 e. The van der Waals surface area contributed by atoms with Crippen molar-refractivity contribution in [1.29, 1.82) is 0 Å². The summed E-state index contributed by atoms with van der Waals surface area (Å²) in [6.45, 7) is 1.89. The van der Waals surface area contributed by atoms with Gasteiger partial charge < -0.3 is 10.4 Å². The molecule has 1 rings (SSSR count). The zero-order valence-electron chi connectivity index (χ0n) is 8.11. The second kappa shape index (κ2) is 5.09. The Kier molecular flexibility index (Phi) is 4.05. The van der Waals surface area contributed by atoms with E-state index in [4.69, 9.17) is 5.11 Å². The fraction of sp³-hybridized carbons (Fsp3) is 0.333. The van der Waals surface area contributed by atoms with Crippen LogP contribution in [0.3, 0.4) is 0 Å². The molecule has 0 spiro atoms. The van der Waals surface area contributed by atoms with E-state index >= 15 is 0 Å². The van der Waals surface area contributed by atoms with Crippen LogP contribution in [0.15, 0.2) is 22.7 Å². The number of rotatable bonds is 4. The number of halogens is 1. The van der Waals surface area contributed by atoms with Crippen molar-refractivity contribution in [3.63, 3.8) is 0 Å². The lowest BCUT2D eigenvalue weighted by Crippen LogP contribution is -2.15. The number of nitro benzene ring substituents is 1. The van der Waals surface area contributed by atoms with Gasteiger partial charge >= 0.3 is 0 Å². The van der Waals surface area contributed by atoms with Gasteiger partial charge in [-0.1, -0.05) is 15.9 Å². The summed E-state index contributed by atoms with van der Waals surface area (Å²) in [4.78, 5) is 10.2. The van der Waals surface area contributed by atoms with E-state index in [0.717, 1.165) is 0 Å². The van der Waals surface area contributed by atoms with Gasteiger partial charge in [-0.25, -0.2) is 0 Å². The Morgan fingerprint density at radius 3 is 2.87 bits per heavy atom. The van der Waals surface area contributed by atoms with Crippen molar-refractivity contribution in [3.05, 3.63) is 32.8 Å². The summed E-state index contributed by atoms with van der Waals surface area (Å²) in [5.41, 5.74) is 0.397. The maximum atomic E-state index is 10.7. The van der Waals surface area contributed by atoms with Gasteiger partial charge in [0.2, 0.25) is 0 Å². The van der Waals surface area contributed by atoms with E-state index in [9.17, 15) is 10.1 Å². The molecule has 0 heterocycles. The second-order valence-electron chi connectivity index (χ2n) is 3.15. The van der Waals surface area contributed by atoms with E-state index in [1.165, 1.54) is 6.07 Å². The molecule has 1 aromatic carbocycles. The molecule has 0 aliphatic rings. The zero-order chi connectivity index (χ0) is 11.4. The molecule has 82 valence electrons. The van der Waals surface area contributed by atoms with Gasteiger partial charge in [0.25, 0.3) is 5.69 Å². The van der Waals surface area contributed by atoms with E-state index in [0.29, 0.717) is 10.2 Å². The van der Waals surface area contributed by atoms with Crippen LogP contribution in [0.25, 0.3) is 0 Å². The van der Waals surface area contributed by atoms with Gasteiger partial charge in [0.15, 0.2) is 0 Å². The maximum absolute atomic E-state index is 10.7. The monoisotopic (exact) mass is 274 g/mol. The molecule has 15 heavy (non-hydrogen) atoms. The van der Waals surface area contributed by atoms with Crippen LogP contribution in [0.5, 0.6) is 0 Å². The summed E-state index contributed by atoms with van der Waals surface area (Å²) in [6.07, 6.45) is -0.548. The molecule has 0 fully saturated rings. The fourth-order valence-corrected chi connectivity index (χ4v) is 1.41. The summed E-state index contributed by atoms with van der Waals surface area (Å²) >= 11 is 3.16. The number of hydrogen-bond acceptors (Lipinski definition) is 4. The average molecular weight is 275 g/mol. The van der Waals surface area contributed by atoms with Gasteiger partial charge in [0.1, 0.15) is 5.69 Å². The predicted molar refractivity (Wildman–Crippen MR) is 61.0 cm³/mol. The largest absolute Gasteiger partial charge is 0.392 e. The molecule has 0 amide bonds. The molecule has 0 aliphatic heterocycles. The van der Waals surface area contributed by atoms with Crippen LogP contribution >= 0.6 is 15.9 Å². The first kappa shape index (κ1) is 11.9. The van der Waals surface area contributed by atoms with Crippen LogP contribution in [0.4, 0.5) is 11.4 Å². The van der Waals surface area contributed by atoms with Gasteiger partial charge in [0.05, 0.1) is 11.0 Å². The number of nitrogens with one attached hydrogen (secondary N) is 1. The Labute approximate surface area is 95.4 Å². The van der Waals surface area contributed by atoms with Crippen LogP contribution in [-0.2, 0) is 0 Å². The number of aliphatic hydroxyl groups is 1. The van der Waals surface area contributed by atoms with Crippen LogP contribution in [0.1, 0.15) is 6.92 Å². The lowest BCUT2D eigenvalue weighted by Gasteiger charge is -2.08. The highest BCUT2D eigenvalue weighted by molar-refractivity contribution is 9.10. The third-order valence-corrected chi connectivity index (χ3v) is 2.24. The molecular formula is C9H11BrN2O3. The molecule has 5 nitrogen and oxygen atoms in total. The van der Waals surface area contributed by atoms with Crippen molar-refractivity contribution in [2.75, 3.05) is 11.9 Å². The molecule has 0 radical (unpaired) electrons. The van der Waals surface area contributed by atoms with Gasteiger partial charge in [-0.2, -0.15) is 0 Å². The van der Waals surface area contributed by atoms with Crippen molar-refractivity contribution < 1.29 is 10.0 Å². The van der Waals surface area contributed by atoms with Crippen LogP contribution < -0.4 is 5.32 Å². The molecule has 1 atom stereocenters. The molecular weight excluding hydrogens is 264 g/mol. The molecule has 0 aromatic heterocycles. The summed E-state index contributed by atoms with van der Waals surface area (Å²) in [6, 6.07) is 4.73. The van der Waals surface area contributed by atoms with E-state index in [1.807, 2.05) is 0 Å². The molecule has 0 unspecified atom stereocenters. The standard InChI is InChI=1S/C9H11BrN2O3/c1-6(13)5-11-8-3-2-7(10)4-9(8)12(14)15/h2-4,6,11,13H,5H2,1H3/t6-/m0/s1. The Morgan fingerprint density at radius 1 is 1.67 bits per heavy atom. The van der Waals surface area contributed by atoms with Gasteiger partial charge in [0, 0.05) is 17.1 Å². The molecule has 0 saturated carbocycles. The Bertz CT molecular complexity index is 368. The van der Waals surface area contributed by atoms with E-state index in [2.05, 4.69) is 21.2 Å². The number of nitrogens with zero attached hydrogens (tertiary/aromatic N) is 1. The quantitative estimate of drug-likeness (QED) is 0.652. The van der Waals surface area contributed by atoms with Crippen LogP contribution in [0.2, 0.25) is 0 Å². The van der Waals surface area contributed by atoms with Crippen LogP contribution in [-0.4, -0.2) is 22.7 Å². The first-order chi connectivity index (χ1) is 7.00. The highest BCUT2D eigenvalue weighted by Gasteiger charge is 2.13. The minimum atomic E-state index is -0.548. The third kappa shape index (κ3) is 3.49. The number of benzene rings is 1. The van der Waals surface area contributed by atoms with Crippen molar-refractivity contribution in [2.45, 2.75) is 13.0 Å². The molecule has 0 bridgehead atoms. The van der Waals surface area contributed by atoms with E-state index in [-0.39, 0.29) is 12.2 Å². The average Bonchev–Trinajstić information content (AvgIpc) is 2.15. The Hall–Kier alpha value is -1.14. The van der Waals surface area contributed by atoms with Crippen molar-refractivity contribution in [1.82, 2.24) is 0 Å². The molecule has 0 aliphatic carbocycles. The molecule has 6 heteroatoms. The summed E-state index contributed by atoms with van der Waals surface area (Å²) in [5, 5.41) is 22.6. The van der Waals surface area contributed by atoms with E-state index < -0.39 is 11.0 Å². The maximum Gasteiger partial charge on any atom is 0.293 e. The van der Waals surface area contributed by atoms with Crippen molar-refractivity contribution >= 4 is 27.3 Å². The summed E-state index contributed by atoms with van der Waals surface area (Å²) in [5.74, 6) is 0. The predicted octanol–water partition coefficient (Wildman–Crippen LogP) is 2.15.